The van der Waals surface area contributed by atoms with Crippen molar-refractivity contribution in [2.75, 3.05) is 27.2 Å². The molecule has 37 heavy (non-hydrogen) atoms. The number of nitrogens with zero attached hydrogens (tertiary/aromatic N) is 2. The molecule has 2 atom stereocenters. The monoisotopic (exact) mass is 498 g/mol. The SMILES string of the molecule is CC(c1ccccc1)C1/C(=C(\O)c2ccc(OCc3ccccc3)cc2)C(=O)C(=O)N1CCCN(C)C. The molecule has 1 heterocycles. The molecule has 0 spiro atoms. The van der Waals surface area contributed by atoms with E-state index in [1.54, 1.807) is 29.2 Å². The minimum absolute atomic E-state index is 0.157. The number of amides is 1. The molecule has 1 saturated heterocycles. The van der Waals surface area contributed by atoms with Gasteiger partial charge in [0, 0.05) is 18.0 Å². The Bertz CT molecular complexity index is 1240. The Morgan fingerprint density at radius 1 is 0.946 bits per heavy atom. The molecule has 6 heteroatoms. The van der Waals surface area contributed by atoms with Crippen LogP contribution in [0, 0.1) is 0 Å². The van der Waals surface area contributed by atoms with E-state index in [1.165, 1.54) is 0 Å². The van der Waals surface area contributed by atoms with Crippen LogP contribution in [-0.2, 0) is 16.2 Å². The second kappa shape index (κ2) is 11.9. The van der Waals surface area contributed by atoms with Crippen LogP contribution in [0.1, 0.15) is 36.0 Å². The fourth-order valence-corrected chi connectivity index (χ4v) is 4.77. The van der Waals surface area contributed by atoms with Crippen LogP contribution in [0.5, 0.6) is 5.75 Å². The van der Waals surface area contributed by atoms with Gasteiger partial charge in [0.15, 0.2) is 0 Å². The Morgan fingerprint density at radius 2 is 1.57 bits per heavy atom. The third kappa shape index (κ3) is 6.09. The van der Waals surface area contributed by atoms with E-state index in [9.17, 15) is 14.7 Å². The smallest absolute Gasteiger partial charge is 0.295 e. The summed E-state index contributed by atoms with van der Waals surface area (Å²) in [5, 5.41) is 11.3. The summed E-state index contributed by atoms with van der Waals surface area (Å²) in [6, 6.07) is 26.1. The second-order valence-corrected chi connectivity index (χ2v) is 9.69. The van der Waals surface area contributed by atoms with Crippen LogP contribution in [0.3, 0.4) is 0 Å². The first-order valence-corrected chi connectivity index (χ1v) is 12.6. The van der Waals surface area contributed by atoms with Crippen molar-refractivity contribution in [3.63, 3.8) is 0 Å². The standard InChI is InChI=1S/C31H34N2O4/c1-22(24-13-8-5-9-14-24)28-27(30(35)31(36)33(28)20-10-19-32(2)3)29(34)25-15-17-26(18-16-25)37-21-23-11-6-4-7-12-23/h4-9,11-18,22,28,34H,10,19-21H2,1-3H3/b29-27+. The average Bonchev–Trinajstić information content (AvgIpc) is 3.17. The molecule has 0 saturated carbocycles. The topological polar surface area (TPSA) is 70.1 Å². The van der Waals surface area contributed by atoms with Gasteiger partial charge in [0.1, 0.15) is 18.1 Å². The second-order valence-electron chi connectivity index (χ2n) is 9.69. The van der Waals surface area contributed by atoms with E-state index in [0.29, 0.717) is 24.5 Å². The first-order chi connectivity index (χ1) is 17.9. The molecule has 1 fully saturated rings. The summed E-state index contributed by atoms with van der Waals surface area (Å²) in [4.78, 5) is 30.1. The number of rotatable bonds is 10. The Labute approximate surface area is 218 Å². The lowest BCUT2D eigenvalue weighted by Crippen LogP contribution is -2.39. The van der Waals surface area contributed by atoms with Gasteiger partial charge in [-0.2, -0.15) is 0 Å². The highest BCUT2D eigenvalue weighted by atomic mass is 16.5. The lowest BCUT2D eigenvalue weighted by Gasteiger charge is -2.30. The van der Waals surface area contributed by atoms with Gasteiger partial charge in [-0.25, -0.2) is 0 Å². The summed E-state index contributed by atoms with van der Waals surface area (Å²) < 4.78 is 5.86. The third-order valence-electron chi connectivity index (χ3n) is 6.77. The van der Waals surface area contributed by atoms with Gasteiger partial charge >= 0.3 is 0 Å². The number of ether oxygens (including phenoxy) is 1. The summed E-state index contributed by atoms with van der Waals surface area (Å²) in [5.74, 6) is -0.883. The Balaban J connectivity index is 1.63. The quantitative estimate of drug-likeness (QED) is 0.240. The molecule has 1 aliphatic rings. The normalized spacial score (nSPS) is 17.8. The zero-order valence-electron chi connectivity index (χ0n) is 21.6. The highest BCUT2D eigenvalue weighted by molar-refractivity contribution is 6.46. The predicted molar refractivity (Wildman–Crippen MR) is 145 cm³/mol. The predicted octanol–water partition coefficient (Wildman–Crippen LogP) is 5.07. The van der Waals surface area contributed by atoms with Gasteiger partial charge in [0.05, 0.1) is 11.6 Å². The van der Waals surface area contributed by atoms with E-state index in [-0.39, 0.29) is 17.3 Å². The molecule has 0 bridgehead atoms. The van der Waals surface area contributed by atoms with Crippen LogP contribution in [0.15, 0.2) is 90.5 Å². The van der Waals surface area contributed by atoms with Gasteiger partial charge in [0.25, 0.3) is 11.7 Å². The minimum atomic E-state index is -0.639. The molecule has 3 aromatic carbocycles. The Kier molecular flexibility index (Phi) is 8.41. The first kappa shape index (κ1) is 26.2. The maximum atomic E-state index is 13.3. The van der Waals surface area contributed by atoms with Crippen LogP contribution >= 0.6 is 0 Å². The van der Waals surface area contributed by atoms with Crippen molar-refractivity contribution >= 4 is 17.4 Å². The van der Waals surface area contributed by atoms with E-state index in [4.69, 9.17) is 4.74 Å². The largest absolute Gasteiger partial charge is 0.507 e. The number of carbonyl (C=O) groups excluding carboxylic acids is 2. The summed E-state index contributed by atoms with van der Waals surface area (Å²) in [6.07, 6.45) is 0.728. The van der Waals surface area contributed by atoms with Crippen molar-refractivity contribution in [2.45, 2.75) is 31.9 Å². The molecule has 1 N–H and O–H groups in total. The third-order valence-corrected chi connectivity index (χ3v) is 6.77. The summed E-state index contributed by atoms with van der Waals surface area (Å²) in [5.41, 5.74) is 2.69. The van der Waals surface area contributed by atoms with Gasteiger partial charge < -0.3 is 19.6 Å². The highest BCUT2D eigenvalue weighted by Crippen LogP contribution is 2.37. The molecule has 6 nitrogen and oxygen atoms in total. The Morgan fingerprint density at radius 3 is 2.19 bits per heavy atom. The molecular formula is C31H34N2O4. The lowest BCUT2D eigenvalue weighted by molar-refractivity contribution is -0.140. The molecular weight excluding hydrogens is 464 g/mol. The minimum Gasteiger partial charge on any atom is -0.507 e. The summed E-state index contributed by atoms with van der Waals surface area (Å²) in [7, 11) is 3.96. The van der Waals surface area contributed by atoms with Crippen molar-refractivity contribution in [3.8, 4) is 5.75 Å². The van der Waals surface area contributed by atoms with Gasteiger partial charge in [-0.15, -0.1) is 0 Å². The van der Waals surface area contributed by atoms with Crippen molar-refractivity contribution in [1.82, 2.24) is 9.80 Å². The van der Waals surface area contributed by atoms with Crippen LogP contribution in [0.2, 0.25) is 0 Å². The van der Waals surface area contributed by atoms with Crippen molar-refractivity contribution in [2.24, 2.45) is 0 Å². The van der Waals surface area contributed by atoms with Crippen molar-refractivity contribution < 1.29 is 19.4 Å². The molecule has 0 aromatic heterocycles. The number of Topliss-reactive ketones (excluding diaryl/α,β-unsaturated/α-hetero) is 1. The van der Waals surface area contributed by atoms with Gasteiger partial charge in [-0.05, 0) is 62.5 Å². The number of hydrogen-bond donors (Lipinski definition) is 1. The summed E-state index contributed by atoms with van der Waals surface area (Å²) >= 11 is 0. The number of carbonyl (C=O) groups is 2. The first-order valence-electron chi connectivity index (χ1n) is 12.6. The van der Waals surface area contributed by atoms with Crippen LogP contribution < -0.4 is 4.74 Å². The zero-order valence-corrected chi connectivity index (χ0v) is 21.6. The number of hydrogen-bond acceptors (Lipinski definition) is 5. The van der Waals surface area contributed by atoms with E-state index in [1.807, 2.05) is 86.6 Å². The molecule has 3 aromatic rings. The number of likely N-dealkylation sites (tertiary alicyclic amines) is 1. The van der Waals surface area contributed by atoms with Crippen molar-refractivity contribution in [3.05, 3.63) is 107 Å². The van der Waals surface area contributed by atoms with E-state index < -0.39 is 17.7 Å². The van der Waals surface area contributed by atoms with E-state index in [2.05, 4.69) is 0 Å². The number of aliphatic hydroxyl groups is 1. The number of aliphatic hydroxyl groups excluding tert-OH is 1. The average molecular weight is 499 g/mol. The number of benzene rings is 3. The van der Waals surface area contributed by atoms with Gasteiger partial charge in [-0.1, -0.05) is 67.6 Å². The molecule has 1 aliphatic heterocycles. The van der Waals surface area contributed by atoms with Crippen LogP contribution in [-0.4, -0.2) is 59.8 Å². The highest BCUT2D eigenvalue weighted by Gasteiger charge is 2.47. The fourth-order valence-electron chi connectivity index (χ4n) is 4.77. The zero-order chi connectivity index (χ0) is 26.4. The molecule has 0 radical (unpaired) electrons. The van der Waals surface area contributed by atoms with Crippen molar-refractivity contribution in [1.29, 1.82) is 0 Å². The maximum Gasteiger partial charge on any atom is 0.295 e. The Hall–Kier alpha value is -3.90. The van der Waals surface area contributed by atoms with E-state index >= 15 is 0 Å². The molecule has 4 rings (SSSR count). The number of ketones is 1. The maximum absolute atomic E-state index is 13.3. The fraction of sp³-hybridized carbons (Fsp3) is 0.290. The van der Waals surface area contributed by atoms with Gasteiger partial charge in [0.2, 0.25) is 0 Å². The molecule has 192 valence electrons. The summed E-state index contributed by atoms with van der Waals surface area (Å²) in [6.45, 7) is 3.66. The lowest BCUT2D eigenvalue weighted by atomic mass is 9.87. The van der Waals surface area contributed by atoms with Crippen LogP contribution in [0.4, 0.5) is 0 Å². The molecule has 0 aliphatic carbocycles. The van der Waals surface area contributed by atoms with E-state index in [0.717, 1.165) is 24.1 Å². The molecule has 2 unspecified atom stereocenters. The van der Waals surface area contributed by atoms with Crippen LogP contribution in [0.25, 0.3) is 5.76 Å². The molecule has 1 amide bonds. The van der Waals surface area contributed by atoms with Gasteiger partial charge in [-0.3, -0.25) is 9.59 Å².